The van der Waals surface area contributed by atoms with Crippen molar-refractivity contribution in [1.82, 2.24) is 0 Å². The predicted octanol–water partition coefficient (Wildman–Crippen LogP) is 3.59. The quantitative estimate of drug-likeness (QED) is 0.434. The highest BCUT2D eigenvalue weighted by Gasteiger charge is 2.53. The number of halogens is 1. The number of ketones is 1. The molecule has 3 rings (SSSR count). The Bertz CT molecular complexity index is 845. The summed E-state index contributed by atoms with van der Waals surface area (Å²) in [5.74, 6) is -3.28. The number of benzene rings is 2. The van der Waals surface area contributed by atoms with Crippen molar-refractivity contribution in [2.24, 2.45) is 5.92 Å². The average Bonchev–Trinajstić information content (AvgIpc) is 2.88. The molecule has 0 radical (unpaired) electrons. The molecule has 1 saturated heterocycles. The van der Waals surface area contributed by atoms with Crippen LogP contribution < -0.4 is 4.90 Å². The van der Waals surface area contributed by atoms with Gasteiger partial charge >= 0.3 is 5.97 Å². The highest BCUT2D eigenvalue weighted by molar-refractivity contribution is 9.10. The highest BCUT2D eigenvalue weighted by Crippen LogP contribution is 2.40. The molecule has 0 unspecified atom stereocenters. The van der Waals surface area contributed by atoms with Gasteiger partial charge in [0.15, 0.2) is 0 Å². The highest BCUT2D eigenvalue weighted by atomic mass is 79.9. The molecule has 134 valence electrons. The molecule has 26 heavy (non-hydrogen) atoms. The van der Waals surface area contributed by atoms with Crippen molar-refractivity contribution in [2.45, 2.75) is 19.9 Å². The van der Waals surface area contributed by atoms with Gasteiger partial charge in [0.1, 0.15) is 5.92 Å². The van der Waals surface area contributed by atoms with Gasteiger partial charge < -0.3 is 4.74 Å². The van der Waals surface area contributed by atoms with Gasteiger partial charge in [0.25, 0.3) is 5.91 Å². The summed E-state index contributed by atoms with van der Waals surface area (Å²) in [5, 5.41) is 0. The third kappa shape index (κ3) is 3.29. The van der Waals surface area contributed by atoms with E-state index < -0.39 is 29.6 Å². The molecule has 1 fully saturated rings. The van der Waals surface area contributed by atoms with Crippen molar-refractivity contribution >= 4 is 39.3 Å². The molecule has 0 aliphatic carbocycles. The third-order valence-corrected chi connectivity index (χ3v) is 4.90. The van der Waals surface area contributed by atoms with E-state index in [9.17, 15) is 14.4 Å². The number of nitrogens with zero attached hydrogens (tertiary/aromatic N) is 1. The van der Waals surface area contributed by atoms with E-state index in [2.05, 4.69) is 15.9 Å². The van der Waals surface area contributed by atoms with Crippen LogP contribution in [0.2, 0.25) is 0 Å². The molecule has 1 aliphatic heterocycles. The second-order valence-electron chi connectivity index (χ2n) is 6.10. The number of anilines is 1. The van der Waals surface area contributed by atoms with Crippen molar-refractivity contribution in [1.29, 1.82) is 0 Å². The summed E-state index contributed by atoms with van der Waals surface area (Å²) in [6.45, 7) is 3.76. The molecule has 2 aromatic carbocycles. The Labute approximate surface area is 160 Å². The van der Waals surface area contributed by atoms with Crippen molar-refractivity contribution in [3.05, 3.63) is 64.1 Å². The summed E-state index contributed by atoms with van der Waals surface area (Å²) in [4.78, 5) is 39.2. The van der Waals surface area contributed by atoms with E-state index in [1.807, 2.05) is 31.2 Å². The van der Waals surface area contributed by atoms with E-state index in [4.69, 9.17) is 4.74 Å². The van der Waals surface area contributed by atoms with Crippen LogP contribution in [0.1, 0.15) is 24.1 Å². The molecule has 0 spiro atoms. The number of Topliss-reactive ketones (excluding diaryl/α,β-unsaturated/α-hetero) is 1. The van der Waals surface area contributed by atoms with Gasteiger partial charge in [0.2, 0.25) is 5.78 Å². The Balaban J connectivity index is 2.12. The van der Waals surface area contributed by atoms with Crippen molar-refractivity contribution in [2.75, 3.05) is 11.5 Å². The fourth-order valence-corrected chi connectivity index (χ4v) is 3.39. The Hall–Kier alpha value is -2.47. The van der Waals surface area contributed by atoms with Gasteiger partial charge in [-0.25, -0.2) is 0 Å². The van der Waals surface area contributed by atoms with E-state index in [1.165, 1.54) is 4.90 Å². The van der Waals surface area contributed by atoms with Crippen LogP contribution in [-0.4, -0.2) is 24.3 Å². The molecule has 1 amide bonds. The summed E-state index contributed by atoms with van der Waals surface area (Å²) in [7, 11) is 0. The predicted molar refractivity (Wildman–Crippen MR) is 101 cm³/mol. The Morgan fingerprint density at radius 1 is 1.08 bits per heavy atom. The minimum absolute atomic E-state index is 0.147. The normalized spacial score (nSPS) is 19.7. The molecule has 1 heterocycles. The minimum atomic E-state index is -1.18. The average molecular weight is 416 g/mol. The van der Waals surface area contributed by atoms with Gasteiger partial charge in [-0.1, -0.05) is 45.8 Å². The second-order valence-corrected chi connectivity index (χ2v) is 7.02. The number of esters is 1. The zero-order valence-electron chi connectivity index (χ0n) is 14.4. The molecule has 0 aromatic heterocycles. The van der Waals surface area contributed by atoms with Crippen LogP contribution in [0.15, 0.2) is 53.0 Å². The van der Waals surface area contributed by atoms with Gasteiger partial charge in [-0.2, -0.15) is 0 Å². The van der Waals surface area contributed by atoms with E-state index in [1.54, 1.807) is 31.2 Å². The van der Waals surface area contributed by atoms with Crippen molar-refractivity contribution in [3.63, 3.8) is 0 Å². The van der Waals surface area contributed by atoms with E-state index >= 15 is 0 Å². The number of hydrogen-bond acceptors (Lipinski definition) is 4. The SMILES string of the molecule is CCOC(=O)[C@@H]1C(=O)C(=O)N(c2ccc(C)cc2)[C@H]1c1ccc(Br)cc1. The minimum Gasteiger partial charge on any atom is -0.465 e. The van der Waals surface area contributed by atoms with Gasteiger partial charge in [-0.15, -0.1) is 0 Å². The number of carbonyl (C=O) groups excluding carboxylic acids is 3. The monoisotopic (exact) mass is 415 g/mol. The van der Waals surface area contributed by atoms with Gasteiger partial charge in [-0.05, 0) is 43.7 Å². The molecule has 2 aromatic rings. The maximum atomic E-state index is 12.7. The zero-order valence-corrected chi connectivity index (χ0v) is 16.0. The first-order valence-electron chi connectivity index (χ1n) is 8.30. The second kappa shape index (κ2) is 7.41. The van der Waals surface area contributed by atoms with Crippen LogP contribution in [0.4, 0.5) is 5.69 Å². The maximum Gasteiger partial charge on any atom is 0.319 e. The van der Waals surface area contributed by atoms with Gasteiger partial charge in [-0.3, -0.25) is 19.3 Å². The van der Waals surface area contributed by atoms with E-state index in [0.717, 1.165) is 10.0 Å². The number of rotatable bonds is 4. The molecule has 2 atom stereocenters. The van der Waals surface area contributed by atoms with E-state index in [-0.39, 0.29) is 6.61 Å². The molecule has 5 nitrogen and oxygen atoms in total. The molecule has 1 aliphatic rings. The summed E-state index contributed by atoms with van der Waals surface area (Å²) in [5.41, 5.74) is 2.31. The fraction of sp³-hybridized carbons (Fsp3) is 0.250. The van der Waals surface area contributed by atoms with Crippen molar-refractivity contribution < 1.29 is 19.1 Å². The zero-order chi connectivity index (χ0) is 18.8. The summed E-state index contributed by atoms with van der Waals surface area (Å²) < 4.78 is 5.94. The number of ether oxygens (including phenoxy) is 1. The summed E-state index contributed by atoms with van der Waals surface area (Å²) >= 11 is 3.38. The Morgan fingerprint density at radius 3 is 2.27 bits per heavy atom. The largest absolute Gasteiger partial charge is 0.465 e. The third-order valence-electron chi connectivity index (χ3n) is 4.37. The lowest BCUT2D eigenvalue weighted by Crippen LogP contribution is -2.31. The Morgan fingerprint density at radius 2 is 1.69 bits per heavy atom. The fourth-order valence-electron chi connectivity index (χ4n) is 3.12. The molecule has 0 saturated carbocycles. The maximum absolute atomic E-state index is 12.7. The topological polar surface area (TPSA) is 63.7 Å². The first kappa shape index (κ1) is 18.3. The lowest BCUT2D eigenvalue weighted by molar-refractivity contribution is -0.152. The van der Waals surface area contributed by atoms with E-state index in [0.29, 0.717) is 11.3 Å². The lowest BCUT2D eigenvalue weighted by Gasteiger charge is -2.27. The molecule has 6 heteroatoms. The summed E-state index contributed by atoms with van der Waals surface area (Å²) in [6, 6.07) is 13.8. The first-order valence-corrected chi connectivity index (χ1v) is 9.09. The van der Waals surface area contributed by atoms with Crippen LogP contribution in [0, 0.1) is 12.8 Å². The van der Waals surface area contributed by atoms with Crippen LogP contribution >= 0.6 is 15.9 Å². The van der Waals surface area contributed by atoms with Gasteiger partial charge in [0, 0.05) is 10.2 Å². The Kier molecular flexibility index (Phi) is 5.23. The number of hydrogen-bond donors (Lipinski definition) is 0. The standard InChI is InChI=1S/C20H18BrNO4/c1-3-26-20(25)16-17(13-6-8-14(21)9-7-13)22(19(24)18(16)23)15-10-4-12(2)5-11-15/h4-11,16-17H,3H2,1-2H3/t16-,17-/m0/s1. The number of aryl methyl sites for hydroxylation is 1. The first-order chi connectivity index (χ1) is 12.4. The summed E-state index contributed by atoms with van der Waals surface area (Å²) in [6.07, 6.45) is 0. The van der Waals surface area contributed by atoms with Crippen LogP contribution in [0.3, 0.4) is 0 Å². The van der Waals surface area contributed by atoms with Crippen molar-refractivity contribution in [3.8, 4) is 0 Å². The molecular weight excluding hydrogens is 398 g/mol. The number of carbonyl (C=O) groups is 3. The van der Waals surface area contributed by atoms with Crippen LogP contribution in [-0.2, 0) is 19.1 Å². The molecule has 0 bridgehead atoms. The molecular formula is C20H18BrNO4. The van der Waals surface area contributed by atoms with Crippen LogP contribution in [0.5, 0.6) is 0 Å². The van der Waals surface area contributed by atoms with Gasteiger partial charge in [0.05, 0.1) is 12.6 Å². The lowest BCUT2D eigenvalue weighted by atomic mass is 9.92. The number of amides is 1. The molecule has 0 N–H and O–H groups in total. The smallest absolute Gasteiger partial charge is 0.319 e. The van der Waals surface area contributed by atoms with Crippen LogP contribution in [0.25, 0.3) is 0 Å².